The van der Waals surface area contributed by atoms with Crippen molar-refractivity contribution in [2.45, 2.75) is 20.8 Å². The van der Waals surface area contributed by atoms with Crippen LogP contribution in [0.2, 0.25) is 0 Å². The molecule has 0 unspecified atom stereocenters. The van der Waals surface area contributed by atoms with Crippen LogP contribution in [0.15, 0.2) is 0 Å². The highest BCUT2D eigenvalue weighted by atomic mass is 32.3. The van der Waals surface area contributed by atoms with Crippen molar-refractivity contribution in [1.82, 2.24) is 18.5 Å². The molecule has 0 radical (unpaired) electrons. The molecule has 0 saturated carbocycles. The van der Waals surface area contributed by atoms with Gasteiger partial charge in [-0.3, -0.25) is 12.5 Å². The normalized spacial score (nSPS) is 10.2. The van der Waals surface area contributed by atoms with Gasteiger partial charge in [-0.2, -0.15) is 0 Å². The third kappa shape index (κ3) is 68.3. The van der Waals surface area contributed by atoms with E-state index < -0.39 is 31.2 Å². The van der Waals surface area contributed by atoms with Gasteiger partial charge in [0.15, 0.2) is 0 Å². The zero-order chi connectivity index (χ0) is 17.7. The number of quaternary nitrogens is 3. The molecule has 0 saturated heterocycles. The smallest absolute Gasteiger partial charge is 0.217 e. The molecule has 0 amide bonds. The summed E-state index contributed by atoms with van der Waals surface area (Å²) in [5.74, 6) is 0. The summed E-state index contributed by atoms with van der Waals surface area (Å²) in [4.78, 5) is 0. The average Bonchev–Trinajstić information content (AvgIpc) is 2.12. The Labute approximate surface area is 142 Å². The molecule has 0 heterocycles. The van der Waals surface area contributed by atoms with Crippen LogP contribution in [-0.4, -0.2) is 58.7 Å². The summed E-state index contributed by atoms with van der Waals surface area (Å²) in [7, 11) is -13.3. The molecule has 0 aliphatic carbocycles. The van der Waals surface area contributed by atoms with Crippen LogP contribution >= 0.6 is 0 Å². The van der Waals surface area contributed by atoms with Gasteiger partial charge in [0.25, 0.3) is 0 Å². The molecule has 0 fully saturated rings. The Morgan fingerprint density at radius 3 is 0.667 bits per heavy atom. The Morgan fingerprint density at radius 1 is 0.542 bits per heavy atom. The predicted octanol–water partition coefficient (Wildman–Crippen LogP) is -0.422. The topological polar surface area (TPSA) is 309 Å². The summed E-state index contributed by atoms with van der Waals surface area (Å²) >= 11 is 0. The Morgan fingerprint density at radius 2 is 0.667 bits per heavy atom. The molecule has 12 N–H and O–H groups in total. The van der Waals surface area contributed by atoms with Gasteiger partial charge in [-0.15, -0.1) is 0 Å². The fourth-order valence-electron chi connectivity index (χ4n) is 0.433. The zero-order valence-electron chi connectivity index (χ0n) is 14.2. The van der Waals surface area contributed by atoms with E-state index in [0.29, 0.717) is 0 Å². The van der Waals surface area contributed by atoms with Gasteiger partial charge in [-0.25, -0.2) is 25.3 Å². The predicted molar refractivity (Wildman–Crippen MR) is 81.9 cm³/mol. The van der Waals surface area contributed by atoms with Crippen molar-refractivity contribution in [3.8, 4) is 0 Å². The van der Waals surface area contributed by atoms with E-state index in [1.165, 1.54) is 20.8 Å². The van der Waals surface area contributed by atoms with E-state index in [-0.39, 0.29) is 38.3 Å². The highest BCUT2D eigenvalue weighted by Gasteiger charge is 1.86. The lowest BCUT2D eigenvalue weighted by molar-refractivity contribution is 0.273. The third-order valence-corrected chi connectivity index (χ3v) is 2.36. The van der Waals surface area contributed by atoms with E-state index in [4.69, 9.17) is 0 Å². The minimum Gasteiger partial charge on any atom is -0.726 e. The molecule has 0 rings (SSSR count). The van der Waals surface area contributed by atoms with Crippen molar-refractivity contribution in [3.05, 3.63) is 0 Å². The molecule has 0 aliphatic rings. The van der Waals surface area contributed by atoms with Crippen LogP contribution in [0.25, 0.3) is 0 Å². The van der Waals surface area contributed by atoms with Crippen LogP contribution in [0.3, 0.4) is 0 Å². The fraction of sp³-hybridized carbons (Fsp3) is 1.00. The maximum Gasteiger partial charge on any atom is 0.217 e. The molecule has 0 atom stereocenters. The summed E-state index contributed by atoms with van der Waals surface area (Å²) in [6.45, 7) is 4.00. The van der Waals surface area contributed by atoms with Gasteiger partial charge in [-0.05, 0) is 20.8 Å². The van der Waals surface area contributed by atoms with Crippen molar-refractivity contribution in [2.24, 2.45) is 0 Å². The van der Waals surface area contributed by atoms with Crippen LogP contribution < -0.4 is 18.5 Å². The molecule has 0 aromatic heterocycles. The average molecular weight is 429 g/mol. The third-order valence-electron chi connectivity index (χ3n) is 0.787. The molecule has 0 aromatic rings. The van der Waals surface area contributed by atoms with Crippen molar-refractivity contribution in [1.29, 1.82) is 0 Å². The Kier molecular flexibility index (Phi) is 30.5. The minimum atomic E-state index is -4.42. The number of rotatable bonds is 6. The summed E-state index contributed by atoms with van der Waals surface area (Å²) in [6, 6.07) is 0. The van der Waals surface area contributed by atoms with Crippen LogP contribution in [0, 0.1) is 0 Å². The highest BCUT2D eigenvalue weighted by Crippen LogP contribution is 1.82. The van der Waals surface area contributed by atoms with Crippen molar-refractivity contribution in [3.63, 3.8) is 0 Å². The lowest BCUT2D eigenvalue weighted by Gasteiger charge is -2.02. The van der Waals surface area contributed by atoms with Crippen LogP contribution in [0.5, 0.6) is 0 Å². The van der Waals surface area contributed by atoms with Crippen LogP contribution in [0.4, 0.5) is 0 Å². The van der Waals surface area contributed by atoms with E-state index in [1.807, 2.05) is 0 Å². The fourth-order valence-corrected chi connectivity index (χ4v) is 1.30. The van der Waals surface area contributed by atoms with Gasteiger partial charge < -0.3 is 32.1 Å². The SMILES string of the molecule is CCOS(=O)(=O)[O-].CCOS(=O)(=O)[O-].CCOS(=O)(=O)[O-].[NH4+].[NH4+].[NH4+]. The Balaban J connectivity index is -0.0000000476. The molecule has 18 heteroatoms. The molecule has 156 valence electrons. The summed E-state index contributed by atoms with van der Waals surface area (Å²) < 4.78 is 96.0. The first-order valence-corrected chi connectivity index (χ1v) is 8.99. The first-order chi connectivity index (χ1) is 9.18. The molecule has 15 nitrogen and oxygen atoms in total. The lowest BCUT2D eigenvalue weighted by atomic mass is 10.9. The van der Waals surface area contributed by atoms with Gasteiger partial charge >= 0.3 is 0 Å². The minimum absolute atomic E-state index is 0. The second kappa shape index (κ2) is 18.8. The first-order valence-electron chi connectivity index (χ1n) is 4.99. The number of hydrogen-bond donors (Lipinski definition) is 3. The van der Waals surface area contributed by atoms with Crippen molar-refractivity contribution >= 4 is 31.2 Å². The highest BCUT2D eigenvalue weighted by molar-refractivity contribution is 7.81. The monoisotopic (exact) mass is 429 g/mol. The Hall–Kier alpha value is -0.510. The summed E-state index contributed by atoms with van der Waals surface area (Å²) in [6.07, 6.45) is 0. The quantitative estimate of drug-likeness (QED) is 0.357. The zero-order valence-corrected chi connectivity index (χ0v) is 16.7. The van der Waals surface area contributed by atoms with Crippen LogP contribution in [0.1, 0.15) is 20.8 Å². The largest absolute Gasteiger partial charge is 0.726 e. The maximum atomic E-state index is 9.45. The molecule has 0 bridgehead atoms. The van der Waals surface area contributed by atoms with Gasteiger partial charge in [-0.1, -0.05) is 0 Å². The van der Waals surface area contributed by atoms with Crippen molar-refractivity contribution < 1.29 is 51.5 Å². The molecular weight excluding hydrogens is 402 g/mol. The van der Waals surface area contributed by atoms with E-state index in [0.717, 1.165) is 0 Å². The van der Waals surface area contributed by atoms with E-state index in [2.05, 4.69) is 12.5 Å². The molecule has 0 aliphatic heterocycles. The second-order valence-electron chi connectivity index (χ2n) is 2.44. The summed E-state index contributed by atoms with van der Waals surface area (Å²) in [5.41, 5.74) is 0. The van der Waals surface area contributed by atoms with Gasteiger partial charge in [0.05, 0.1) is 19.8 Å². The first kappa shape index (κ1) is 38.8. The lowest BCUT2D eigenvalue weighted by Crippen LogP contribution is -2.02. The van der Waals surface area contributed by atoms with Crippen molar-refractivity contribution in [2.75, 3.05) is 19.8 Å². The van der Waals surface area contributed by atoms with E-state index in [9.17, 15) is 38.9 Å². The Bertz CT molecular complexity index is 462. The molecule has 24 heavy (non-hydrogen) atoms. The maximum absolute atomic E-state index is 9.45. The van der Waals surface area contributed by atoms with Gasteiger partial charge in [0.1, 0.15) is 0 Å². The van der Waals surface area contributed by atoms with E-state index >= 15 is 0 Å². The molecular formula is C6H27N3O12S3. The summed E-state index contributed by atoms with van der Waals surface area (Å²) in [5, 5.41) is 0. The van der Waals surface area contributed by atoms with Crippen LogP contribution in [-0.2, 0) is 43.7 Å². The van der Waals surface area contributed by atoms with Gasteiger partial charge in [0, 0.05) is 0 Å². The molecule has 0 aromatic carbocycles. The number of hydrogen-bond acceptors (Lipinski definition) is 12. The van der Waals surface area contributed by atoms with E-state index in [1.54, 1.807) is 0 Å². The van der Waals surface area contributed by atoms with Gasteiger partial charge in [0.2, 0.25) is 31.2 Å². The standard InChI is InChI=1S/3C2H6O4S.3H3N/c3*1-2-6-7(3,4)5;;;/h3*2H2,1H3,(H,3,4,5);3*1H3. The second-order valence-corrected chi connectivity index (χ2v) is 5.60. The molecule has 0 spiro atoms.